The normalized spacial score (nSPS) is 16.8. The summed E-state index contributed by atoms with van der Waals surface area (Å²) in [7, 11) is 0. The molecular formula is C16H16ClFN4O3. The van der Waals surface area contributed by atoms with Crippen LogP contribution in [0.5, 0.6) is 0 Å². The molecular weight excluding hydrogens is 351 g/mol. The Morgan fingerprint density at radius 2 is 2.20 bits per heavy atom. The van der Waals surface area contributed by atoms with E-state index in [-0.39, 0.29) is 24.0 Å². The van der Waals surface area contributed by atoms with Gasteiger partial charge in [0.1, 0.15) is 11.4 Å². The van der Waals surface area contributed by atoms with Crippen molar-refractivity contribution in [1.82, 2.24) is 15.2 Å². The molecule has 1 fully saturated rings. The highest BCUT2D eigenvalue weighted by molar-refractivity contribution is 5.98. The van der Waals surface area contributed by atoms with Gasteiger partial charge in [0.05, 0.1) is 11.0 Å². The Balaban J connectivity index is 0.00000225. The summed E-state index contributed by atoms with van der Waals surface area (Å²) in [5, 5.41) is 14.4. The van der Waals surface area contributed by atoms with Crippen molar-refractivity contribution in [3.8, 4) is 0 Å². The van der Waals surface area contributed by atoms with Crippen molar-refractivity contribution in [3.63, 3.8) is 0 Å². The number of nitro benzene ring substituents is 1. The van der Waals surface area contributed by atoms with Gasteiger partial charge in [-0.05, 0) is 23.8 Å². The third-order valence-electron chi connectivity index (χ3n) is 3.96. The number of nitrogens with zero attached hydrogens (tertiary/aromatic N) is 3. The van der Waals surface area contributed by atoms with E-state index >= 15 is 0 Å². The molecule has 25 heavy (non-hydrogen) atoms. The maximum absolute atomic E-state index is 13.5. The molecule has 0 spiro atoms. The van der Waals surface area contributed by atoms with Crippen molar-refractivity contribution in [3.05, 3.63) is 69.8 Å². The van der Waals surface area contributed by atoms with E-state index in [1.54, 1.807) is 18.5 Å². The van der Waals surface area contributed by atoms with Gasteiger partial charge in [-0.25, -0.2) is 4.39 Å². The molecule has 1 aliphatic rings. The summed E-state index contributed by atoms with van der Waals surface area (Å²) < 4.78 is 13.5. The number of nitro groups is 1. The summed E-state index contributed by atoms with van der Waals surface area (Å²) in [4.78, 5) is 28.9. The number of benzene rings is 1. The maximum atomic E-state index is 13.5. The Morgan fingerprint density at radius 3 is 2.88 bits per heavy atom. The molecule has 3 rings (SSSR count). The summed E-state index contributed by atoms with van der Waals surface area (Å²) in [6.45, 7) is 1.43. The molecule has 1 aliphatic heterocycles. The second-order valence-electron chi connectivity index (χ2n) is 5.42. The Labute approximate surface area is 149 Å². The van der Waals surface area contributed by atoms with Gasteiger partial charge < -0.3 is 10.2 Å². The van der Waals surface area contributed by atoms with Crippen LogP contribution in [0.3, 0.4) is 0 Å². The van der Waals surface area contributed by atoms with Crippen LogP contribution >= 0.6 is 12.4 Å². The first-order valence-corrected chi connectivity index (χ1v) is 7.43. The van der Waals surface area contributed by atoms with Crippen LogP contribution in [0, 0.1) is 15.9 Å². The highest BCUT2D eigenvalue weighted by Crippen LogP contribution is 2.27. The Bertz CT molecular complexity index is 775. The Morgan fingerprint density at radius 1 is 1.40 bits per heavy atom. The van der Waals surface area contributed by atoms with Crippen molar-refractivity contribution in [2.45, 2.75) is 6.04 Å². The number of hydrogen-bond acceptors (Lipinski definition) is 5. The van der Waals surface area contributed by atoms with Crippen LogP contribution in [0.25, 0.3) is 0 Å². The van der Waals surface area contributed by atoms with Gasteiger partial charge in [-0.2, -0.15) is 0 Å². The molecule has 7 nitrogen and oxygen atoms in total. The van der Waals surface area contributed by atoms with Gasteiger partial charge in [-0.15, -0.1) is 12.4 Å². The van der Waals surface area contributed by atoms with Crippen LogP contribution in [-0.4, -0.2) is 40.3 Å². The SMILES string of the molecule is Cl.O=C(c1cc(F)ccc1[N+](=O)[O-])N1CCNCC1c1cccnc1. The lowest BCUT2D eigenvalue weighted by atomic mass is 10.0. The molecule has 1 aromatic heterocycles. The number of carbonyl (C=O) groups is 1. The van der Waals surface area contributed by atoms with Crippen molar-refractivity contribution < 1.29 is 14.1 Å². The minimum absolute atomic E-state index is 0. The number of piperazine rings is 1. The summed E-state index contributed by atoms with van der Waals surface area (Å²) in [6.07, 6.45) is 3.28. The summed E-state index contributed by atoms with van der Waals surface area (Å²) >= 11 is 0. The summed E-state index contributed by atoms with van der Waals surface area (Å²) in [5.74, 6) is -1.24. The zero-order valence-electron chi connectivity index (χ0n) is 13.1. The first kappa shape index (κ1) is 18.8. The lowest BCUT2D eigenvalue weighted by Crippen LogP contribution is -2.48. The average Bonchev–Trinajstić information content (AvgIpc) is 2.61. The number of amides is 1. The Kier molecular flexibility index (Phi) is 6.00. The maximum Gasteiger partial charge on any atom is 0.282 e. The standard InChI is InChI=1S/C16H15FN4O3.ClH/c17-12-3-4-14(21(23)24)13(8-12)16(22)20-7-6-19-10-15(20)11-2-1-5-18-9-11;/h1-5,8-9,15,19H,6-7,10H2;1H. The molecule has 2 heterocycles. The fourth-order valence-electron chi connectivity index (χ4n) is 2.81. The van der Waals surface area contributed by atoms with Crippen molar-refractivity contribution in [2.75, 3.05) is 19.6 Å². The van der Waals surface area contributed by atoms with Crippen LogP contribution in [0.2, 0.25) is 0 Å². The molecule has 0 saturated carbocycles. The van der Waals surface area contributed by atoms with E-state index in [4.69, 9.17) is 0 Å². The van der Waals surface area contributed by atoms with Crippen LogP contribution in [0.15, 0.2) is 42.7 Å². The molecule has 1 N–H and O–H groups in total. The van der Waals surface area contributed by atoms with E-state index < -0.39 is 22.3 Å². The zero-order chi connectivity index (χ0) is 17.1. The van der Waals surface area contributed by atoms with E-state index in [2.05, 4.69) is 10.3 Å². The molecule has 2 aromatic rings. The number of nitrogens with one attached hydrogen (secondary N) is 1. The number of halogens is 2. The molecule has 0 bridgehead atoms. The number of hydrogen-bond donors (Lipinski definition) is 1. The average molecular weight is 367 g/mol. The fraction of sp³-hybridized carbons (Fsp3) is 0.250. The van der Waals surface area contributed by atoms with E-state index in [0.29, 0.717) is 19.6 Å². The van der Waals surface area contributed by atoms with Gasteiger partial charge in [0.25, 0.3) is 11.6 Å². The van der Waals surface area contributed by atoms with E-state index in [0.717, 1.165) is 23.8 Å². The summed E-state index contributed by atoms with van der Waals surface area (Å²) in [6, 6.07) is 6.20. The third-order valence-corrected chi connectivity index (χ3v) is 3.96. The molecule has 1 atom stereocenters. The lowest BCUT2D eigenvalue weighted by molar-refractivity contribution is -0.385. The van der Waals surface area contributed by atoms with Crippen LogP contribution in [0.4, 0.5) is 10.1 Å². The van der Waals surface area contributed by atoms with Crippen molar-refractivity contribution >= 4 is 24.0 Å². The van der Waals surface area contributed by atoms with Gasteiger partial charge in [-0.3, -0.25) is 19.9 Å². The fourth-order valence-corrected chi connectivity index (χ4v) is 2.81. The lowest BCUT2D eigenvalue weighted by Gasteiger charge is -2.36. The van der Waals surface area contributed by atoms with Crippen molar-refractivity contribution in [2.24, 2.45) is 0 Å². The van der Waals surface area contributed by atoms with Crippen LogP contribution < -0.4 is 5.32 Å². The molecule has 1 unspecified atom stereocenters. The monoisotopic (exact) mass is 366 g/mol. The number of aromatic nitrogens is 1. The smallest absolute Gasteiger partial charge is 0.282 e. The highest BCUT2D eigenvalue weighted by atomic mass is 35.5. The quantitative estimate of drug-likeness (QED) is 0.665. The predicted molar refractivity (Wildman–Crippen MR) is 91.2 cm³/mol. The topological polar surface area (TPSA) is 88.4 Å². The molecule has 9 heteroatoms. The second-order valence-corrected chi connectivity index (χ2v) is 5.42. The largest absolute Gasteiger partial charge is 0.329 e. The van der Waals surface area contributed by atoms with Gasteiger partial charge in [0.15, 0.2) is 0 Å². The van der Waals surface area contributed by atoms with Gasteiger partial charge in [0, 0.05) is 38.1 Å². The Hall–Kier alpha value is -2.58. The van der Waals surface area contributed by atoms with E-state index in [9.17, 15) is 19.3 Å². The van der Waals surface area contributed by atoms with Gasteiger partial charge in [0.2, 0.25) is 0 Å². The summed E-state index contributed by atoms with van der Waals surface area (Å²) in [5.41, 5.74) is 0.178. The number of rotatable bonds is 3. The first-order chi connectivity index (χ1) is 11.6. The third kappa shape index (κ3) is 3.92. The van der Waals surface area contributed by atoms with Crippen LogP contribution in [-0.2, 0) is 0 Å². The second kappa shape index (κ2) is 8.00. The highest BCUT2D eigenvalue weighted by Gasteiger charge is 2.32. The van der Waals surface area contributed by atoms with Gasteiger partial charge >= 0.3 is 0 Å². The van der Waals surface area contributed by atoms with Crippen molar-refractivity contribution in [1.29, 1.82) is 0 Å². The van der Waals surface area contributed by atoms with E-state index in [1.165, 1.54) is 4.90 Å². The minimum atomic E-state index is -0.683. The minimum Gasteiger partial charge on any atom is -0.329 e. The zero-order valence-corrected chi connectivity index (χ0v) is 13.9. The molecule has 0 radical (unpaired) electrons. The molecule has 0 aliphatic carbocycles. The molecule has 1 amide bonds. The number of pyridine rings is 1. The first-order valence-electron chi connectivity index (χ1n) is 7.43. The molecule has 132 valence electrons. The van der Waals surface area contributed by atoms with Crippen LogP contribution in [0.1, 0.15) is 22.0 Å². The number of carbonyl (C=O) groups excluding carboxylic acids is 1. The van der Waals surface area contributed by atoms with Gasteiger partial charge in [-0.1, -0.05) is 6.07 Å². The predicted octanol–water partition coefficient (Wildman–Crippen LogP) is 2.34. The van der Waals surface area contributed by atoms with E-state index in [1.807, 2.05) is 6.07 Å². The molecule has 1 saturated heterocycles. The molecule has 1 aromatic carbocycles.